The summed E-state index contributed by atoms with van der Waals surface area (Å²) in [4.78, 5) is 4.07. The van der Waals surface area contributed by atoms with Crippen LogP contribution in [-0.4, -0.2) is 10.1 Å². The third kappa shape index (κ3) is 1.42. The largest absolute Gasteiger partial charge is 0.506 e. The molecule has 2 heteroatoms. The number of nitrogens with zero attached hydrogens (tertiary/aromatic N) is 1. The van der Waals surface area contributed by atoms with Crippen molar-refractivity contribution < 1.29 is 5.11 Å². The molecule has 0 aliphatic heterocycles. The van der Waals surface area contributed by atoms with Gasteiger partial charge in [-0.05, 0) is 25.3 Å². The second kappa shape index (κ2) is 3.13. The van der Waals surface area contributed by atoms with Gasteiger partial charge in [-0.2, -0.15) is 0 Å². The van der Waals surface area contributed by atoms with E-state index >= 15 is 0 Å². The Morgan fingerprint density at radius 3 is 2.33 bits per heavy atom. The summed E-state index contributed by atoms with van der Waals surface area (Å²) in [5, 5.41) is 9.69. The minimum absolute atomic E-state index is 0.352. The minimum atomic E-state index is 0.352. The van der Waals surface area contributed by atoms with Crippen molar-refractivity contribution in [1.29, 1.82) is 0 Å². The summed E-state index contributed by atoms with van der Waals surface area (Å²) >= 11 is 0. The standard InChI is InChI=1S/C10H15NO/c1-6(2)9-7(3)5-11-8(4)10(9)12/h5-6,12H,1-4H3. The second-order valence-corrected chi connectivity index (χ2v) is 3.44. The molecule has 2 nitrogen and oxygen atoms in total. The third-order valence-electron chi connectivity index (χ3n) is 2.05. The molecule has 1 heterocycles. The molecule has 66 valence electrons. The molecule has 12 heavy (non-hydrogen) atoms. The fraction of sp³-hybridized carbons (Fsp3) is 0.500. The number of hydrogen-bond acceptors (Lipinski definition) is 2. The normalized spacial score (nSPS) is 10.8. The molecule has 1 N–H and O–H groups in total. The SMILES string of the molecule is Cc1cnc(C)c(O)c1C(C)C. The molecule has 0 unspecified atom stereocenters. The molecule has 1 rings (SSSR count). The highest BCUT2D eigenvalue weighted by molar-refractivity contribution is 5.41. The first-order valence-electron chi connectivity index (χ1n) is 4.19. The van der Waals surface area contributed by atoms with Crippen molar-refractivity contribution in [2.24, 2.45) is 0 Å². The highest BCUT2D eigenvalue weighted by Gasteiger charge is 2.11. The summed E-state index contributed by atoms with van der Waals surface area (Å²) in [7, 11) is 0. The Hall–Kier alpha value is -1.05. The second-order valence-electron chi connectivity index (χ2n) is 3.44. The van der Waals surface area contributed by atoms with Crippen molar-refractivity contribution in [3.63, 3.8) is 0 Å². The van der Waals surface area contributed by atoms with Gasteiger partial charge in [0.1, 0.15) is 5.75 Å². The molecule has 0 aromatic carbocycles. The summed E-state index contributed by atoms with van der Waals surface area (Å²) in [5.74, 6) is 0.705. The number of rotatable bonds is 1. The van der Waals surface area contributed by atoms with Gasteiger partial charge in [-0.25, -0.2) is 0 Å². The average molecular weight is 165 g/mol. The monoisotopic (exact) mass is 165 g/mol. The topological polar surface area (TPSA) is 33.1 Å². The maximum Gasteiger partial charge on any atom is 0.140 e. The summed E-state index contributed by atoms with van der Waals surface area (Å²) < 4.78 is 0. The lowest BCUT2D eigenvalue weighted by Gasteiger charge is -2.12. The lowest BCUT2D eigenvalue weighted by atomic mass is 9.98. The van der Waals surface area contributed by atoms with Crippen LogP contribution in [0.5, 0.6) is 5.75 Å². The van der Waals surface area contributed by atoms with Crippen molar-refractivity contribution in [2.75, 3.05) is 0 Å². The van der Waals surface area contributed by atoms with E-state index in [-0.39, 0.29) is 0 Å². The highest BCUT2D eigenvalue weighted by Crippen LogP contribution is 2.29. The number of aromatic hydroxyl groups is 1. The highest BCUT2D eigenvalue weighted by atomic mass is 16.3. The molecule has 0 saturated heterocycles. The van der Waals surface area contributed by atoms with Gasteiger partial charge in [0, 0.05) is 11.8 Å². The van der Waals surface area contributed by atoms with Gasteiger partial charge in [0.2, 0.25) is 0 Å². The molecule has 0 saturated carbocycles. The van der Waals surface area contributed by atoms with Crippen LogP contribution < -0.4 is 0 Å². The van der Waals surface area contributed by atoms with Crippen molar-refractivity contribution >= 4 is 0 Å². The van der Waals surface area contributed by atoms with Gasteiger partial charge in [0.15, 0.2) is 0 Å². The smallest absolute Gasteiger partial charge is 0.140 e. The van der Waals surface area contributed by atoms with E-state index in [1.54, 1.807) is 0 Å². The first kappa shape index (κ1) is 9.04. The number of aryl methyl sites for hydroxylation is 2. The summed E-state index contributed by atoms with van der Waals surface area (Å²) in [6, 6.07) is 0. The summed E-state index contributed by atoms with van der Waals surface area (Å²) in [6.45, 7) is 7.94. The van der Waals surface area contributed by atoms with Crippen molar-refractivity contribution in [2.45, 2.75) is 33.6 Å². The molecular formula is C10H15NO. The minimum Gasteiger partial charge on any atom is -0.506 e. The number of hydrogen-bond donors (Lipinski definition) is 1. The van der Waals surface area contributed by atoms with Crippen LogP contribution in [0.1, 0.15) is 36.6 Å². The van der Waals surface area contributed by atoms with E-state index in [1.807, 2.05) is 20.0 Å². The van der Waals surface area contributed by atoms with E-state index < -0.39 is 0 Å². The van der Waals surface area contributed by atoms with Crippen LogP contribution in [0.25, 0.3) is 0 Å². The van der Waals surface area contributed by atoms with Crippen molar-refractivity contribution in [3.8, 4) is 5.75 Å². The van der Waals surface area contributed by atoms with Gasteiger partial charge in [-0.15, -0.1) is 0 Å². The van der Waals surface area contributed by atoms with Gasteiger partial charge >= 0.3 is 0 Å². The Balaban J connectivity index is 3.33. The van der Waals surface area contributed by atoms with Gasteiger partial charge < -0.3 is 5.11 Å². The van der Waals surface area contributed by atoms with Crippen LogP contribution in [-0.2, 0) is 0 Å². The maximum absolute atomic E-state index is 9.69. The first-order chi connectivity index (χ1) is 5.54. The third-order valence-corrected chi connectivity index (χ3v) is 2.05. The quantitative estimate of drug-likeness (QED) is 0.693. The predicted molar refractivity (Wildman–Crippen MR) is 49.5 cm³/mol. The van der Waals surface area contributed by atoms with Crippen LogP contribution >= 0.6 is 0 Å². The summed E-state index contributed by atoms with van der Waals surface area (Å²) in [5.41, 5.74) is 2.79. The average Bonchev–Trinajstić information content (AvgIpc) is 1.97. The summed E-state index contributed by atoms with van der Waals surface area (Å²) in [6.07, 6.45) is 1.81. The zero-order valence-corrected chi connectivity index (χ0v) is 8.05. The predicted octanol–water partition coefficient (Wildman–Crippen LogP) is 2.53. The molecule has 0 spiro atoms. The van der Waals surface area contributed by atoms with E-state index in [1.165, 1.54) is 0 Å². The van der Waals surface area contributed by atoms with Gasteiger partial charge in [0.25, 0.3) is 0 Å². The van der Waals surface area contributed by atoms with Crippen LogP contribution in [0.2, 0.25) is 0 Å². The lowest BCUT2D eigenvalue weighted by molar-refractivity contribution is 0.456. The van der Waals surface area contributed by atoms with E-state index in [9.17, 15) is 5.11 Å². The van der Waals surface area contributed by atoms with E-state index in [0.29, 0.717) is 17.4 Å². The Kier molecular flexibility index (Phi) is 2.36. The lowest BCUT2D eigenvalue weighted by Crippen LogP contribution is -1.96. The van der Waals surface area contributed by atoms with Crippen molar-refractivity contribution in [1.82, 2.24) is 4.98 Å². The Morgan fingerprint density at radius 1 is 1.33 bits per heavy atom. The molecule has 0 aliphatic rings. The number of pyridine rings is 1. The molecule has 0 bridgehead atoms. The zero-order chi connectivity index (χ0) is 9.30. The Labute approximate surface area is 73.3 Å². The number of aromatic nitrogens is 1. The fourth-order valence-corrected chi connectivity index (χ4v) is 1.43. The first-order valence-corrected chi connectivity index (χ1v) is 4.19. The molecule has 0 amide bonds. The van der Waals surface area contributed by atoms with Crippen LogP contribution in [0.4, 0.5) is 0 Å². The Morgan fingerprint density at radius 2 is 1.92 bits per heavy atom. The van der Waals surface area contributed by atoms with Gasteiger partial charge in [-0.3, -0.25) is 4.98 Å². The van der Waals surface area contributed by atoms with Gasteiger partial charge in [0.05, 0.1) is 5.69 Å². The Bertz CT molecular complexity index is 292. The maximum atomic E-state index is 9.69. The van der Waals surface area contributed by atoms with Crippen LogP contribution in [0, 0.1) is 13.8 Å². The molecular weight excluding hydrogens is 150 g/mol. The van der Waals surface area contributed by atoms with Crippen LogP contribution in [0.15, 0.2) is 6.20 Å². The van der Waals surface area contributed by atoms with E-state index in [0.717, 1.165) is 11.1 Å². The molecule has 0 aliphatic carbocycles. The molecule has 1 aromatic heterocycles. The molecule has 0 fully saturated rings. The van der Waals surface area contributed by atoms with Crippen LogP contribution in [0.3, 0.4) is 0 Å². The van der Waals surface area contributed by atoms with E-state index in [2.05, 4.69) is 18.8 Å². The fourth-order valence-electron chi connectivity index (χ4n) is 1.43. The molecule has 1 aromatic rings. The van der Waals surface area contributed by atoms with Gasteiger partial charge in [-0.1, -0.05) is 13.8 Å². The van der Waals surface area contributed by atoms with Crippen molar-refractivity contribution in [3.05, 3.63) is 23.0 Å². The molecule has 0 radical (unpaired) electrons. The molecule has 0 atom stereocenters. The zero-order valence-electron chi connectivity index (χ0n) is 8.05. The van der Waals surface area contributed by atoms with E-state index in [4.69, 9.17) is 0 Å².